The van der Waals surface area contributed by atoms with E-state index in [2.05, 4.69) is 0 Å². The van der Waals surface area contributed by atoms with Crippen LogP contribution >= 0.6 is 0 Å². The van der Waals surface area contributed by atoms with Gasteiger partial charge < -0.3 is 54.7 Å². The van der Waals surface area contributed by atoms with Gasteiger partial charge in [-0.25, -0.2) is 4.79 Å². The van der Waals surface area contributed by atoms with Crippen LogP contribution in [0.3, 0.4) is 0 Å². The second-order valence-electron chi connectivity index (χ2n) is 7.75. The third-order valence-electron chi connectivity index (χ3n) is 5.49. The van der Waals surface area contributed by atoms with Crippen LogP contribution in [0.4, 0.5) is 0 Å². The molecule has 12 heteroatoms. The molecule has 2 aliphatic rings. The Morgan fingerprint density at radius 2 is 1.67 bits per heavy atom. The lowest BCUT2D eigenvalue weighted by Gasteiger charge is -2.43. The van der Waals surface area contributed by atoms with Crippen molar-refractivity contribution in [3.8, 4) is 0 Å². The Labute approximate surface area is 188 Å². The summed E-state index contributed by atoms with van der Waals surface area (Å²) in [7, 11) is 0. The standard InChI is InChI=1S/C21H28O12/c22-8-12-16(26)19(29)21(10-23,32-12)33-20-18(28)17(27)15(25)13(31-20)9-30-14(24)7-6-11-4-2-1-3-5-11/h1-7,12-13,15-20,22-23,25-29H,8-10H2/b7-6+. The molecule has 33 heavy (non-hydrogen) atoms. The highest BCUT2D eigenvalue weighted by Crippen LogP contribution is 2.36. The molecule has 9 unspecified atom stereocenters. The minimum Gasteiger partial charge on any atom is -0.460 e. The van der Waals surface area contributed by atoms with Crippen LogP contribution in [0.5, 0.6) is 0 Å². The van der Waals surface area contributed by atoms with Gasteiger partial charge in [-0.1, -0.05) is 30.3 Å². The van der Waals surface area contributed by atoms with Crippen molar-refractivity contribution in [2.24, 2.45) is 0 Å². The number of carbonyl (C=O) groups is 1. The average molecular weight is 472 g/mol. The highest BCUT2D eigenvalue weighted by molar-refractivity contribution is 5.87. The van der Waals surface area contributed by atoms with Gasteiger partial charge in [-0.05, 0) is 11.6 Å². The molecule has 0 aliphatic carbocycles. The van der Waals surface area contributed by atoms with Gasteiger partial charge in [-0.2, -0.15) is 0 Å². The van der Waals surface area contributed by atoms with Crippen LogP contribution in [0.2, 0.25) is 0 Å². The van der Waals surface area contributed by atoms with Crippen molar-refractivity contribution in [1.29, 1.82) is 0 Å². The summed E-state index contributed by atoms with van der Waals surface area (Å²) in [4.78, 5) is 12.0. The number of hydrogen-bond donors (Lipinski definition) is 7. The number of aliphatic hydroxyl groups is 7. The minimum absolute atomic E-state index is 0.528. The fraction of sp³-hybridized carbons (Fsp3) is 0.571. The van der Waals surface area contributed by atoms with Gasteiger partial charge in [0.25, 0.3) is 0 Å². The number of carbonyl (C=O) groups excluding carboxylic acids is 1. The van der Waals surface area contributed by atoms with E-state index in [-0.39, 0.29) is 0 Å². The summed E-state index contributed by atoms with van der Waals surface area (Å²) in [6.45, 7) is -2.23. The van der Waals surface area contributed by atoms with E-state index in [9.17, 15) is 40.5 Å². The molecular formula is C21H28O12. The first kappa shape index (κ1) is 25.6. The summed E-state index contributed by atoms with van der Waals surface area (Å²) in [5.74, 6) is -3.05. The molecular weight excluding hydrogens is 444 g/mol. The quantitative estimate of drug-likeness (QED) is 0.149. The van der Waals surface area contributed by atoms with Gasteiger partial charge in [-0.3, -0.25) is 0 Å². The number of ether oxygens (including phenoxy) is 4. The molecule has 0 saturated carbocycles. The normalized spacial score (nSPS) is 39.1. The first-order chi connectivity index (χ1) is 15.7. The largest absolute Gasteiger partial charge is 0.460 e. The molecule has 0 amide bonds. The molecule has 9 atom stereocenters. The lowest BCUT2D eigenvalue weighted by molar-refractivity contribution is -0.383. The van der Waals surface area contributed by atoms with Crippen LogP contribution in [0.1, 0.15) is 5.56 Å². The van der Waals surface area contributed by atoms with E-state index >= 15 is 0 Å². The van der Waals surface area contributed by atoms with Gasteiger partial charge in [0.1, 0.15) is 55.9 Å². The minimum atomic E-state index is -2.29. The Balaban J connectivity index is 1.64. The van der Waals surface area contributed by atoms with Crippen LogP contribution in [0.25, 0.3) is 6.08 Å². The molecule has 1 aromatic carbocycles. The SMILES string of the molecule is O=C(/C=C/c1ccccc1)OCC1OC(OC2(CO)OC(CO)C(O)C2O)C(O)C(O)C1O. The van der Waals surface area contributed by atoms with Gasteiger partial charge in [0.2, 0.25) is 5.79 Å². The molecule has 0 radical (unpaired) electrons. The highest BCUT2D eigenvalue weighted by Gasteiger charge is 2.58. The Morgan fingerprint density at radius 1 is 0.970 bits per heavy atom. The fourth-order valence-corrected chi connectivity index (χ4v) is 3.56. The summed E-state index contributed by atoms with van der Waals surface area (Å²) in [5, 5.41) is 69.8. The van der Waals surface area contributed by atoms with E-state index in [4.69, 9.17) is 18.9 Å². The number of hydrogen-bond acceptors (Lipinski definition) is 12. The summed E-state index contributed by atoms with van der Waals surface area (Å²) < 4.78 is 21.1. The van der Waals surface area contributed by atoms with E-state index in [0.29, 0.717) is 0 Å². The Kier molecular flexibility index (Phi) is 8.53. The Bertz CT molecular complexity index is 804. The van der Waals surface area contributed by atoms with Gasteiger partial charge in [0.05, 0.1) is 6.61 Å². The molecule has 0 bridgehead atoms. The topological polar surface area (TPSA) is 196 Å². The van der Waals surface area contributed by atoms with E-state index < -0.39 is 80.6 Å². The second kappa shape index (κ2) is 11.0. The van der Waals surface area contributed by atoms with Gasteiger partial charge >= 0.3 is 5.97 Å². The summed E-state index contributed by atoms with van der Waals surface area (Å²) in [5.41, 5.74) is 0.753. The molecule has 1 aromatic rings. The maximum Gasteiger partial charge on any atom is 0.330 e. The molecule has 2 saturated heterocycles. The number of benzene rings is 1. The molecule has 184 valence electrons. The van der Waals surface area contributed by atoms with E-state index in [1.54, 1.807) is 24.3 Å². The van der Waals surface area contributed by atoms with Crippen LogP contribution in [0.15, 0.2) is 36.4 Å². The summed E-state index contributed by atoms with van der Waals surface area (Å²) in [6.07, 6.45) is -10.5. The average Bonchev–Trinajstić information content (AvgIpc) is 3.07. The smallest absolute Gasteiger partial charge is 0.330 e. The monoisotopic (exact) mass is 472 g/mol. The molecule has 2 heterocycles. The van der Waals surface area contributed by atoms with Crippen molar-refractivity contribution in [3.63, 3.8) is 0 Å². The fourth-order valence-electron chi connectivity index (χ4n) is 3.56. The maximum absolute atomic E-state index is 12.0. The maximum atomic E-state index is 12.0. The van der Waals surface area contributed by atoms with Crippen molar-refractivity contribution >= 4 is 12.0 Å². The molecule has 12 nitrogen and oxygen atoms in total. The van der Waals surface area contributed by atoms with Gasteiger partial charge in [0, 0.05) is 6.08 Å². The number of aliphatic hydroxyl groups excluding tert-OH is 7. The Hall–Kier alpha value is -1.97. The van der Waals surface area contributed by atoms with Crippen molar-refractivity contribution in [3.05, 3.63) is 42.0 Å². The zero-order valence-corrected chi connectivity index (χ0v) is 17.5. The third kappa shape index (κ3) is 5.58. The summed E-state index contributed by atoms with van der Waals surface area (Å²) in [6, 6.07) is 8.93. The van der Waals surface area contributed by atoms with Gasteiger partial charge in [0.15, 0.2) is 6.29 Å². The Morgan fingerprint density at radius 3 is 2.27 bits per heavy atom. The van der Waals surface area contributed by atoms with Crippen molar-refractivity contribution < 1.29 is 59.5 Å². The molecule has 3 rings (SSSR count). The van der Waals surface area contributed by atoms with Crippen LogP contribution < -0.4 is 0 Å². The molecule has 0 aromatic heterocycles. The molecule has 2 aliphatic heterocycles. The molecule has 2 fully saturated rings. The van der Waals surface area contributed by atoms with Crippen molar-refractivity contribution in [2.75, 3.05) is 19.8 Å². The first-order valence-electron chi connectivity index (χ1n) is 10.3. The van der Waals surface area contributed by atoms with E-state index in [0.717, 1.165) is 11.6 Å². The van der Waals surface area contributed by atoms with E-state index in [1.165, 1.54) is 6.08 Å². The van der Waals surface area contributed by atoms with E-state index in [1.807, 2.05) is 6.07 Å². The lowest BCUT2D eigenvalue weighted by atomic mass is 9.99. The van der Waals surface area contributed by atoms with Crippen LogP contribution in [-0.4, -0.2) is 116 Å². The second-order valence-corrected chi connectivity index (χ2v) is 7.75. The summed E-state index contributed by atoms with van der Waals surface area (Å²) >= 11 is 0. The zero-order chi connectivity index (χ0) is 24.2. The predicted molar refractivity (Wildman–Crippen MR) is 108 cm³/mol. The van der Waals surface area contributed by atoms with Gasteiger partial charge in [-0.15, -0.1) is 0 Å². The van der Waals surface area contributed by atoms with Crippen molar-refractivity contribution in [2.45, 2.75) is 54.8 Å². The molecule has 0 spiro atoms. The number of rotatable bonds is 8. The van der Waals surface area contributed by atoms with Crippen molar-refractivity contribution in [1.82, 2.24) is 0 Å². The molecule has 7 N–H and O–H groups in total. The number of esters is 1. The predicted octanol–water partition coefficient (Wildman–Crippen LogP) is -3.13. The lowest BCUT2D eigenvalue weighted by Crippen LogP contribution is -2.62. The highest BCUT2D eigenvalue weighted by atomic mass is 16.8. The zero-order valence-electron chi connectivity index (χ0n) is 17.5. The van der Waals surface area contributed by atoms with Crippen LogP contribution in [-0.2, 0) is 23.7 Å². The first-order valence-corrected chi connectivity index (χ1v) is 10.3. The third-order valence-corrected chi connectivity index (χ3v) is 5.49. The van der Waals surface area contributed by atoms with Crippen LogP contribution in [0, 0.1) is 0 Å².